The number of hydrogen-bond acceptors (Lipinski definition) is 11. The number of thiazole rings is 1. The molecule has 0 aliphatic carbocycles. The van der Waals surface area contributed by atoms with Gasteiger partial charge >= 0.3 is 11.9 Å². The van der Waals surface area contributed by atoms with Gasteiger partial charge in [-0.25, -0.2) is 14.6 Å². The van der Waals surface area contributed by atoms with Crippen molar-refractivity contribution in [3.05, 3.63) is 76.9 Å². The van der Waals surface area contributed by atoms with Crippen molar-refractivity contribution in [2.24, 2.45) is 4.99 Å². The van der Waals surface area contributed by atoms with Gasteiger partial charge in [-0.1, -0.05) is 17.4 Å². The summed E-state index contributed by atoms with van der Waals surface area (Å²) < 4.78 is 35.8. The summed E-state index contributed by atoms with van der Waals surface area (Å²) in [7, 11) is 1.53. The minimum Gasteiger partial charge on any atom is -0.493 e. The van der Waals surface area contributed by atoms with Gasteiger partial charge in [0, 0.05) is 0 Å². The van der Waals surface area contributed by atoms with E-state index < -0.39 is 18.0 Å². The standard InChI is InChI=1S/C33H37BrN2O9S/c1-8-41-25-14-20(13-22(34)30(25)44-17-27(37)42-9-2)15-26-31(38)36-29(21-11-12-23(45-18(4)5)24(16-21)40-7)28(32(39)43-10-3)19(6)35-33(36)46-26/h11-16,18,29H,8-10,17H2,1-7H3/b26-15-/t29-/m0/s1. The second-order valence-electron chi connectivity index (χ2n) is 10.2. The number of carbonyl (C=O) groups is 2. The molecule has 0 amide bonds. The molecule has 1 aliphatic rings. The van der Waals surface area contributed by atoms with Crippen molar-refractivity contribution in [3.63, 3.8) is 0 Å². The molecule has 0 N–H and O–H groups in total. The van der Waals surface area contributed by atoms with E-state index in [-0.39, 0.29) is 37.1 Å². The highest BCUT2D eigenvalue weighted by atomic mass is 79.9. The fraction of sp³-hybridized carbons (Fsp3) is 0.394. The van der Waals surface area contributed by atoms with Gasteiger partial charge in [0.15, 0.2) is 34.4 Å². The van der Waals surface area contributed by atoms with E-state index in [2.05, 4.69) is 20.9 Å². The number of aromatic nitrogens is 1. The van der Waals surface area contributed by atoms with Gasteiger partial charge in [-0.15, -0.1) is 0 Å². The molecule has 0 spiro atoms. The molecule has 0 bridgehead atoms. The first-order chi connectivity index (χ1) is 22.0. The Morgan fingerprint density at radius 1 is 1.02 bits per heavy atom. The maximum absolute atomic E-state index is 14.1. The number of hydrogen-bond donors (Lipinski definition) is 0. The number of nitrogens with zero attached hydrogens (tertiary/aromatic N) is 2. The number of ether oxygens (including phenoxy) is 6. The molecule has 0 fully saturated rings. The predicted molar refractivity (Wildman–Crippen MR) is 177 cm³/mol. The molecule has 1 atom stereocenters. The molecule has 46 heavy (non-hydrogen) atoms. The van der Waals surface area contributed by atoms with E-state index >= 15 is 0 Å². The zero-order chi connectivity index (χ0) is 33.5. The SMILES string of the molecule is CCOC(=O)COc1c(Br)cc(/C=c2\sc3n(c2=O)[C@@H](c2ccc(OC(C)C)c(OC)c2)C(C(=O)OCC)=C(C)N=3)cc1OCC. The first kappa shape index (κ1) is 34.8. The number of benzene rings is 2. The van der Waals surface area contributed by atoms with Crippen molar-refractivity contribution in [3.8, 4) is 23.0 Å². The van der Waals surface area contributed by atoms with Crippen LogP contribution in [-0.2, 0) is 19.1 Å². The van der Waals surface area contributed by atoms with Crippen LogP contribution in [0.15, 0.2) is 55.9 Å². The molecule has 2 heterocycles. The van der Waals surface area contributed by atoms with Crippen LogP contribution in [0.1, 0.15) is 58.7 Å². The molecule has 13 heteroatoms. The quantitative estimate of drug-likeness (QED) is 0.232. The molecule has 2 aromatic carbocycles. The van der Waals surface area contributed by atoms with Crippen molar-refractivity contribution >= 4 is 45.3 Å². The number of methoxy groups -OCH3 is 1. The van der Waals surface area contributed by atoms with Gasteiger partial charge in [0.25, 0.3) is 5.56 Å². The van der Waals surface area contributed by atoms with E-state index in [4.69, 9.17) is 28.4 Å². The topological polar surface area (TPSA) is 124 Å². The van der Waals surface area contributed by atoms with Gasteiger partial charge in [-0.05, 0) is 98.9 Å². The molecular formula is C33H37BrN2O9S. The lowest BCUT2D eigenvalue weighted by molar-refractivity contribution is -0.145. The van der Waals surface area contributed by atoms with Crippen molar-refractivity contribution in [1.82, 2.24) is 4.57 Å². The van der Waals surface area contributed by atoms with Crippen molar-refractivity contribution in [1.29, 1.82) is 0 Å². The van der Waals surface area contributed by atoms with Crippen LogP contribution in [-0.4, -0.2) is 56.1 Å². The largest absolute Gasteiger partial charge is 0.493 e. The van der Waals surface area contributed by atoms with Crippen LogP contribution in [0.4, 0.5) is 0 Å². The Labute approximate surface area is 279 Å². The third-order valence-corrected chi connectivity index (χ3v) is 8.22. The summed E-state index contributed by atoms with van der Waals surface area (Å²) in [5.74, 6) is 0.653. The van der Waals surface area contributed by atoms with Crippen LogP contribution < -0.4 is 33.8 Å². The van der Waals surface area contributed by atoms with Gasteiger partial charge in [-0.3, -0.25) is 9.36 Å². The molecule has 1 aliphatic heterocycles. The third kappa shape index (κ3) is 7.64. The molecule has 0 radical (unpaired) electrons. The second-order valence-corrected chi connectivity index (χ2v) is 12.1. The van der Waals surface area contributed by atoms with Crippen LogP contribution in [0.25, 0.3) is 6.08 Å². The van der Waals surface area contributed by atoms with Crippen LogP contribution in [0.5, 0.6) is 23.0 Å². The van der Waals surface area contributed by atoms with Gasteiger partial charge in [0.2, 0.25) is 0 Å². The van der Waals surface area contributed by atoms with Crippen LogP contribution in [0.2, 0.25) is 0 Å². The van der Waals surface area contributed by atoms with Gasteiger partial charge in [0.05, 0.1) is 59.4 Å². The number of esters is 2. The first-order valence-electron chi connectivity index (χ1n) is 14.8. The molecule has 11 nitrogen and oxygen atoms in total. The molecule has 0 saturated carbocycles. The Morgan fingerprint density at radius 3 is 2.41 bits per heavy atom. The Bertz CT molecular complexity index is 1830. The number of halogens is 1. The van der Waals surface area contributed by atoms with Crippen molar-refractivity contribution in [2.45, 2.75) is 53.7 Å². The van der Waals surface area contributed by atoms with E-state index in [1.807, 2.05) is 20.8 Å². The average Bonchev–Trinajstić information content (AvgIpc) is 3.30. The fourth-order valence-electron chi connectivity index (χ4n) is 4.87. The molecule has 0 saturated heterocycles. The summed E-state index contributed by atoms with van der Waals surface area (Å²) >= 11 is 4.70. The Kier molecular flexibility index (Phi) is 11.7. The number of carbonyl (C=O) groups excluding carboxylic acids is 2. The minimum absolute atomic E-state index is 0.0869. The third-order valence-electron chi connectivity index (χ3n) is 6.65. The second kappa shape index (κ2) is 15.5. The summed E-state index contributed by atoms with van der Waals surface area (Å²) in [5, 5.41) is 0. The van der Waals surface area contributed by atoms with Crippen LogP contribution >= 0.6 is 27.3 Å². The number of fused-ring (bicyclic) bond motifs is 1. The summed E-state index contributed by atoms with van der Waals surface area (Å²) in [6, 6.07) is 7.98. The monoisotopic (exact) mass is 716 g/mol. The highest BCUT2D eigenvalue weighted by molar-refractivity contribution is 9.10. The average molecular weight is 718 g/mol. The minimum atomic E-state index is -0.830. The number of rotatable bonds is 13. The predicted octanol–water partition coefficient (Wildman–Crippen LogP) is 4.70. The van der Waals surface area contributed by atoms with Gasteiger partial charge < -0.3 is 28.4 Å². The highest BCUT2D eigenvalue weighted by Crippen LogP contribution is 2.38. The molecule has 0 unspecified atom stereocenters. The Hall–Kier alpha value is -4.10. The lowest BCUT2D eigenvalue weighted by atomic mass is 9.95. The molecule has 1 aromatic heterocycles. The van der Waals surface area contributed by atoms with Crippen LogP contribution in [0, 0.1) is 0 Å². The Morgan fingerprint density at radius 2 is 1.76 bits per heavy atom. The maximum Gasteiger partial charge on any atom is 0.344 e. The highest BCUT2D eigenvalue weighted by Gasteiger charge is 2.34. The molecule has 3 aromatic rings. The zero-order valence-corrected chi connectivity index (χ0v) is 29.2. The first-order valence-corrected chi connectivity index (χ1v) is 16.4. The zero-order valence-electron chi connectivity index (χ0n) is 26.8. The fourth-order valence-corrected chi connectivity index (χ4v) is 6.49. The lowest BCUT2D eigenvalue weighted by Gasteiger charge is -2.25. The number of allylic oxidation sites excluding steroid dienone is 1. The maximum atomic E-state index is 14.1. The van der Waals surface area contributed by atoms with Gasteiger partial charge in [-0.2, -0.15) is 0 Å². The summed E-state index contributed by atoms with van der Waals surface area (Å²) in [6.45, 7) is 11.3. The summed E-state index contributed by atoms with van der Waals surface area (Å²) in [6.07, 6.45) is 1.63. The van der Waals surface area contributed by atoms with E-state index in [0.717, 1.165) is 0 Å². The summed E-state index contributed by atoms with van der Waals surface area (Å²) in [5.41, 5.74) is 1.62. The van der Waals surface area contributed by atoms with Crippen LogP contribution in [0.3, 0.4) is 0 Å². The van der Waals surface area contributed by atoms with Crippen molar-refractivity contribution < 1.29 is 38.0 Å². The molecular weight excluding hydrogens is 680 g/mol. The lowest BCUT2D eigenvalue weighted by Crippen LogP contribution is -2.40. The van der Waals surface area contributed by atoms with E-state index in [1.54, 1.807) is 57.2 Å². The van der Waals surface area contributed by atoms with Gasteiger partial charge in [0.1, 0.15) is 0 Å². The molecule has 4 rings (SSSR count). The van der Waals surface area contributed by atoms with E-state index in [1.165, 1.54) is 23.0 Å². The Balaban J connectivity index is 1.86. The summed E-state index contributed by atoms with van der Waals surface area (Å²) in [4.78, 5) is 44.4. The smallest absolute Gasteiger partial charge is 0.344 e. The van der Waals surface area contributed by atoms with E-state index in [0.29, 0.717) is 60.2 Å². The van der Waals surface area contributed by atoms with E-state index in [9.17, 15) is 14.4 Å². The molecule has 246 valence electrons. The normalized spacial score (nSPS) is 14.5. The van der Waals surface area contributed by atoms with Crippen molar-refractivity contribution in [2.75, 3.05) is 33.5 Å².